The molecule has 1 aromatic heterocycles. The minimum Gasteiger partial charge on any atom is -0.265 e. The van der Waals surface area contributed by atoms with E-state index in [0.29, 0.717) is 9.58 Å². The first-order valence-electron chi connectivity index (χ1n) is 4.02. The lowest BCUT2D eigenvalue weighted by molar-refractivity contribution is 0.101. The smallest absolute Gasteiger partial charge is 0.265 e. The van der Waals surface area contributed by atoms with E-state index >= 15 is 0 Å². The molecular formula is C10H4FNO2S. The number of carbonyl (C=O) groups is 1. The van der Waals surface area contributed by atoms with Crippen molar-refractivity contribution in [2.24, 2.45) is 4.99 Å². The average molecular weight is 221 g/mol. The Labute approximate surface area is 87.9 Å². The molecule has 0 fully saturated rings. The Morgan fingerprint density at radius 1 is 1.40 bits per heavy atom. The SMILES string of the molecule is O=C=NC(=O)c1cc2ccc(F)cc2s1. The number of hydrogen-bond acceptors (Lipinski definition) is 3. The molecule has 0 saturated carbocycles. The highest BCUT2D eigenvalue weighted by atomic mass is 32.1. The van der Waals surface area contributed by atoms with Gasteiger partial charge in [-0.05, 0) is 23.6 Å². The van der Waals surface area contributed by atoms with Crippen molar-refractivity contribution in [2.75, 3.05) is 0 Å². The van der Waals surface area contributed by atoms with Gasteiger partial charge in [0, 0.05) is 4.70 Å². The Balaban J connectivity index is 2.56. The fraction of sp³-hybridized carbons (Fsp3) is 0. The lowest BCUT2D eigenvalue weighted by Crippen LogP contribution is -1.87. The Morgan fingerprint density at radius 3 is 2.93 bits per heavy atom. The third kappa shape index (κ3) is 1.83. The third-order valence-electron chi connectivity index (χ3n) is 1.84. The summed E-state index contributed by atoms with van der Waals surface area (Å²) in [6.07, 6.45) is 1.18. The second-order valence-corrected chi connectivity index (χ2v) is 3.88. The Hall–Kier alpha value is -1.84. The van der Waals surface area contributed by atoms with E-state index in [1.165, 1.54) is 18.2 Å². The van der Waals surface area contributed by atoms with Crippen LogP contribution in [-0.4, -0.2) is 12.0 Å². The molecule has 0 bridgehead atoms. The standard InChI is InChI=1S/C10H4FNO2S/c11-7-2-1-6-3-9(10(14)12-5-13)15-8(6)4-7/h1-4H. The molecule has 15 heavy (non-hydrogen) atoms. The molecule has 2 aromatic rings. The molecule has 0 aliphatic rings. The molecule has 0 atom stereocenters. The number of rotatable bonds is 1. The molecule has 0 saturated heterocycles. The minimum atomic E-state index is -0.647. The zero-order chi connectivity index (χ0) is 10.8. The van der Waals surface area contributed by atoms with E-state index in [1.54, 1.807) is 12.1 Å². The van der Waals surface area contributed by atoms with Gasteiger partial charge < -0.3 is 0 Å². The van der Waals surface area contributed by atoms with Crippen molar-refractivity contribution < 1.29 is 14.0 Å². The van der Waals surface area contributed by atoms with Crippen LogP contribution in [0.3, 0.4) is 0 Å². The second-order valence-electron chi connectivity index (χ2n) is 2.80. The first kappa shape index (κ1) is 9.71. The number of halogens is 1. The molecule has 1 heterocycles. The molecule has 0 spiro atoms. The van der Waals surface area contributed by atoms with E-state index < -0.39 is 5.91 Å². The predicted octanol–water partition coefficient (Wildman–Crippen LogP) is 2.52. The number of benzene rings is 1. The van der Waals surface area contributed by atoms with Gasteiger partial charge in [-0.2, -0.15) is 0 Å². The summed E-state index contributed by atoms with van der Waals surface area (Å²) in [7, 11) is 0. The number of thiophene rings is 1. The van der Waals surface area contributed by atoms with Crippen molar-refractivity contribution in [1.82, 2.24) is 0 Å². The van der Waals surface area contributed by atoms with Crippen molar-refractivity contribution in [3.63, 3.8) is 0 Å². The number of aliphatic imine (C=N–C) groups is 1. The fourth-order valence-corrected chi connectivity index (χ4v) is 2.18. The molecule has 0 N–H and O–H groups in total. The van der Waals surface area contributed by atoms with E-state index in [2.05, 4.69) is 4.99 Å². The van der Waals surface area contributed by atoms with Gasteiger partial charge in [0.25, 0.3) is 5.91 Å². The van der Waals surface area contributed by atoms with Crippen molar-refractivity contribution in [3.05, 3.63) is 35.0 Å². The normalized spacial score (nSPS) is 9.93. The molecule has 1 amide bonds. The predicted molar refractivity (Wildman–Crippen MR) is 54.2 cm³/mol. The largest absolute Gasteiger partial charge is 0.297 e. The summed E-state index contributed by atoms with van der Waals surface area (Å²) in [5.41, 5.74) is 0. The summed E-state index contributed by atoms with van der Waals surface area (Å²) in [6, 6.07) is 5.79. The highest BCUT2D eigenvalue weighted by Gasteiger charge is 2.09. The van der Waals surface area contributed by atoms with Crippen LogP contribution < -0.4 is 0 Å². The van der Waals surface area contributed by atoms with Crippen molar-refractivity contribution in [1.29, 1.82) is 0 Å². The molecule has 1 aromatic carbocycles. The van der Waals surface area contributed by atoms with Gasteiger partial charge in [0.15, 0.2) is 0 Å². The molecule has 0 radical (unpaired) electrons. The van der Waals surface area contributed by atoms with Crippen LogP contribution in [0, 0.1) is 5.82 Å². The fourth-order valence-electron chi connectivity index (χ4n) is 1.21. The molecular weight excluding hydrogens is 217 g/mol. The number of amides is 1. The van der Waals surface area contributed by atoms with Crippen LogP contribution in [0.5, 0.6) is 0 Å². The Morgan fingerprint density at radius 2 is 2.20 bits per heavy atom. The number of nitrogens with zero attached hydrogens (tertiary/aromatic N) is 1. The van der Waals surface area contributed by atoms with Crippen LogP contribution in [0.15, 0.2) is 29.3 Å². The monoisotopic (exact) mass is 221 g/mol. The van der Waals surface area contributed by atoms with E-state index in [0.717, 1.165) is 16.7 Å². The van der Waals surface area contributed by atoms with Crippen molar-refractivity contribution in [3.8, 4) is 0 Å². The van der Waals surface area contributed by atoms with E-state index in [9.17, 15) is 14.0 Å². The second kappa shape index (κ2) is 3.73. The number of fused-ring (bicyclic) bond motifs is 1. The summed E-state index contributed by atoms with van der Waals surface area (Å²) in [5, 5.41) is 0.755. The first-order valence-corrected chi connectivity index (χ1v) is 4.83. The minimum absolute atomic E-state index is 0.305. The van der Waals surface area contributed by atoms with Gasteiger partial charge in [0.05, 0.1) is 4.88 Å². The highest BCUT2D eigenvalue weighted by molar-refractivity contribution is 7.20. The van der Waals surface area contributed by atoms with Crippen molar-refractivity contribution >= 4 is 33.4 Å². The van der Waals surface area contributed by atoms with Crippen LogP contribution in [0.4, 0.5) is 4.39 Å². The quantitative estimate of drug-likeness (QED) is 0.548. The van der Waals surface area contributed by atoms with E-state index in [1.807, 2.05) is 0 Å². The summed E-state index contributed by atoms with van der Waals surface area (Å²) in [5.74, 6) is -1.01. The molecule has 5 heteroatoms. The molecule has 74 valence electrons. The lowest BCUT2D eigenvalue weighted by Gasteiger charge is -1.86. The van der Waals surface area contributed by atoms with Gasteiger partial charge in [-0.3, -0.25) is 4.79 Å². The first-order chi connectivity index (χ1) is 7.20. The molecule has 0 aliphatic carbocycles. The van der Waals surface area contributed by atoms with E-state index in [4.69, 9.17) is 0 Å². The molecule has 0 aliphatic heterocycles. The van der Waals surface area contributed by atoms with Crippen LogP contribution in [0.25, 0.3) is 10.1 Å². The van der Waals surface area contributed by atoms with Gasteiger partial charge in [0.1, 0.15) is 5.82 Å². The van der Waals surface area contributed by atoms with Gasteiger partial charge in [0.2, 0.25) is 6.08 Å². The zero-order valence-corrected chi connectivity index (χ0v) is 8.18. The zero-order valence-electron chi connectivity index (χ0n) is 7.36. The van der Waals surface area contributed by atoms with Gasteiger partial charge in [-0.15, -0.1) is 16.3 Å². The molecule has 2 rings (SSSR count). The summed E-state index contributed by atoms with van der Waals surface area (Å²) in [6.45, 7) is 0. The molecule has 3 nitrogen and oxygen atoms in total. The van der Waals surface area contributed by atoms with Gasteiger partial charge >= 0.3 is 0 Å². The topological polar surface area (TPSA) is 46.5 Å². The maximum absolute atomic E-state index is 12.8. The van der Waals surface area contributed by atoms with Crippen LogP contribution in [-0.2, 0) is 4.79 Å². The average Bonchev–Trinajstić information content (AvgIpc) is 2.60. The summed E-state index contributed by atoms with van der Waals surface area (Å²) in [4.78, 5) is 24.4. The number of isocyanates is 1. The Kier molecular flexibility index (Phi) is 2.41. The summed E-state index contributed by atoms with van der Waals surface area (Å²) < 4.78 is 13.5. The van der Waals surface area contributed by atoms with Crippen LogP contribution in [0.1, 0.15) is 9.67 Å². The third-order valence-corrected chi connectivity index (χ3v) is 2.93. The van der Waals surface area contributed by atoms with E-state index in [-0.39, 0.29) is 5.82 Å². The number of hydrogen-bond donors (Lipinski definition) is 0. The number of carbonyl (C=O) groups excluding carboxylic acids is 2. The lowest BCUT2D eigenvalue weighted by atomic mass is 10.2. The van der Waals surface area contributed by atoms with Gasteiger partial charge in [-0.1, -0.05) is 6.07 Å². The Bertz CT molecular complexity index is 584. The maximum Gasteiger partial charge on any atom is 0.297 e. The van der Waals surface area contributed by atoms with Crippen LogP contribution in [0.2, 0.25) is 0 Å². The summed E-state index contributed by atoms with van der Waals surface area (Å²) >= 11 is 1.10. The van der Waals surface area contributed by atoms with Crippen LogP contribution >= 0.6 is 11.3 Å². The maximum atomic E-state index is 12.8. The van der Waals surface area contributed by atoms with Crippen molar-refractivity contribution in [2.45, 2.75) is 0 Å². The van der Waals surface area contributed by atoms with Gasteiger partial charge in [-0.25, -0.2) is 9.18 Å². The molecule has 0 unspecified atom stereocenters. The highest BCUT2D eigenvalue weighted by Crippen LogP contribution is 2.26.